The predicted molar refractivity (Wildman–Crippen MR) is 106 cm³/mol. The van der Waals surface area contributed by atoms with Gasteiger partial charge < -0.3 is 14.2 Å². The van der Waals surface area contributed by atoms with Crippen LogP contribution in [0.2, 0.25) is 0 Å². The lowest BCUT2D eigenvalue weighted by Crippen LogP contribution is -2.18. The number of Topliss-reactive ketones (excluding diaryl/α,β-unsaturated/α-hetero) is 1. The van der Waals surface area contributed by atoms with Gasteiger partial charge in [-0.15, -0.1) is 0 Å². The standard InChI is InChI=1S/C22H36O4/c1-3-4-5-6-7-11-14-21(26-19-25-18-17-24-2)15-16-22(23)20-12-9-8-10-13-20/h8-10,12-13,21H,3-7,11,14-19H2,1-2H3/t21-/m0/s1. The second kappa shape index (κ2) is 16.0. The summed E-state index contributed by atoms with van der Waals surface area (Å²) in [7, 11) is 1.65. The van der Waals surface area contributed by atoms with Crippen LogP contribution in [0.25, 0.3) is 0 Å². The molecule has 1 aromatic rings. The Labute approximate surface area is 159 Å². The summed E-state index contributed by atoms with van der Waals surface area (Å²) in [6.45, 7) is 3.60. The van der Waals surface area contributed by atoms with Crippen LogP contribution >= 0.6 is 0 Å². The number of hydrogen-bond donors (Lipinski definition) is 0. The van der Waals surface area contributed by atoms with E-state index in [1.165, 1.54) is 32.1 Å². The van der Waals surface area contributed by atoms with E-state index in [0.29, 0.717) is 19.6 Å². The van der Waals surface area contributed by atoms with E-state index in [9.17, 15) is 4.79 Å². The van der Waals surface area contributed by atoms with Gasteiger partial charge in [-0.2, -0.15) is 0 Å². The molecule has 0 heterocycles. The first-order chi connectivity index (χ1) is 12.8. The molecule has 148 valence electrons. The Morgan fingerprint density at radius 1 is 0.962 bits per heavy atom. The first-order valence-corrected chi connectivity index (χ1v) is 10.0. The molecule has 4 nitrogen and oxygen atoms in total. The lowest BCUT2D eigenvalue weighted by molar-refractivity contribution is -0.101. The van der Waals surface area contributed by atoms with Crippen molar-refractivity contribution in [2.45, 2.75) is 70.8 Å². The third-order valence-electron chi connectivity index (χ3n) is 4.49. The van der Waals surface area contributed by atoms with Gasteiger partial charge in [-0.3, -0.25) is 4.79 Å². The van der Waals surface area contributed by atoms with Crippen molar-refractivity contribution < 1.29 is 19.0 Å². The molecule has 1 aromatic carbocycles. The minimum atomic E-state index is 0.0800. The van der Waals surface area contributed by atoms with Gasteiger partial charge in [0.1, 0.15) is 6.79 Å². The first kappa shape index (κ1) is 22.8. The Morgan fingerprint density at radius 2 is 1.69 bits per heavy atom. The van der Waals surface area contributed by atoms with E-state index in [0.717, 1.165) is 24.8 Å². The third kappa shape index (κ3) is 11.4. The highest BCUT2D eigenvalue weighted by molar-refractivity contribution is 5.95. The highest BCUT2D eigenvalue weighted by Gasteiger charge is 2.13. The van der Waals surface area contributed by atoms with E-state index in [2.05, 4.69) is 6.92 Å². The maximum absolute atomic E-state index is 12.3. The van der Waals surface area contributed by atoms with E-state index in [4.69, 9.17) is 14.2 Å². The molecular weight excluding hydrogens is 328 g/mol. The van der Waals surface area contributed by atoms with Crippen LogP contribution in [-0.2, 0) is 14.2 Å². The summed E-state index contributed by atoms with van der Waals surface area (Å²) in [6, 6.07) is 9.49. The Kier molecular flexibility index (Phi) is 14.0. The number of ether oxygens (including phenoxy) is 3. The predicted octanol–water partition coefficient (Wildman–Crippen LogP) is 5.41. The van der Waals surface area contributed by atoms with Crippen LogP contribution in [0.5, 0.6) is 0 Å². The summed E-state index contributed by atoms with van der Waals surface area (Å²) in [6.07, 6.45) is 9.90. The summed E-state index contributed by atoms with van der Waals surface area (Å²) in [5, 5.41) is 0. The summed E-state index contributed by atoms with van der Waals surface area (Å²) in [5.41, 5.74) is 0.780. The van der Waals surface area contributed by atoms with E-state index < -0.39 is 0 Å². The molecule has 0 saturated heterocycles. The number of hydrogen-bond acceptors (Lipinski definition) is 4. The second-order valence-corrected chi connectivity index (χ2v) is 6.69. The number of unbranched alkanes of at least 4 members (excludes halogenated alkanes) is 5. The molecule has 0 bridgehead atoms. The molecule has 0 radical (unpaired) electrons. The Balaban J connectivity index is 2.32. The number of ketones is 1. The lowest BCUT2D eigenvalue weighted by atomic mass is 10.0. The fourth-order valence-corrected chi connectivity index (χ4v) is 2.87. The minimum absolute atomic E-state index is 0.0800. The first-order valence-electron chi connectivity index (χ1n) is 10.0. The average molecular weight is 365 g/mol. The third-order valence-corrected chi connectivity index (χ3v) is 4.49. The molecule has 0 aliphatic carbocycles. The van der Waals surface area contributed by atoms with Crippen LogP contribution in [0, 0.1) is 0 Å². The molecule has 0 aromatic heterocycles. The summed E-state index contributed by atoms with van der Waals surface area (Å²) >= 11 is 0. The number of carbonyl (C=O) groups is 1. The lowest BCUT2D eigenvalue weighted by Gasteiger charge is -2.18. The molecule has 0 aliphatic rings. The smallest absolute Gasteiger partial charge is 0.162 e. The van der Waals surface area contributed by atoms with Gasteiger partial charge in [-0.1, -0.05) is 75.8 Å². The molecule has 26 heavy (non-hydrogen) atoms. The monoisotopic (exact) mass is 364 g/mol. The molecule has 0 fully saturated rings. The van der Waals surface area contributed by atoms with Gasteiger partial charge in [0.05, 0.1) is 19.3 Å². The number of methoxy groups -OCH3 is 1. The van der Waals surface area contributed by atoms with E-state index in [1.807, 2.05) is 30.3 Å². The van der Waals surface area contributed by atoms with Crippen LogP contribution in [0.1, 0.15) is 75.1 Å². The van der Waals surface area contributed by atoms with Crippen molar-refractivity contribution in [2.75, 3.05) is 27.1 Å². The highest BCUT2D eigenvalue weighted by Crippen LogP contribution is 2.16. The SMILES string of the molecule is CCCCCCCC[C@@H](CCC(=O)c1ccccc1)OCOCCOC. The van der Waals surface area contributed by atoms with E-state index >= 15 is 0 Å². The topological polar surface area (TPSA) is 44.8 Å². The minimum Gasteiger partial charge on any atom is -0.382 e. The van der Waals surface area contributed by atoms with Gasteiger partial charge in [0, 0.05) is 19.1 Å². The average Bonchev–Trinajstić information content (AvgIpc) is 2.68. The molecule has 0 spiro atoms. The molecule has 0 saturated carbocycles. The van der Waals surface area contributed by atoms with Gasteiger partial charge in [-0.25, -0.2) is 0 Å². The molecule has 1 atom stereocenters. The second-order valence-electron chi connectivity index (χ2n) is 6.69. The van der Waals surface area contributed by atoms with E-state index in [1.54, 1.807) is 7.11 Å². The molecule has 0 N–H and O–H groups in total. The molecular formula is C22H36O4. The van der Waals surface area contributed by atoms with Crippen molar-refractivity contribution in [3.63, 3.8) is 0 Å². The van der Waals surface area contributed by atoms with Gasteiger partial charge in [0.25, 0.3) is 0 Å². The van der Waals surface area contributed by atoms with Crippen molar-refractivity contribution in [1.29, 1.82) is 0 Å². The van der Waals surface area contributed by atoms with Crippen molar-refractivity contribution >= 4 is 5.78 Å². The molecule has 4 heteroatoms. The number of rotatable bonds is 17. The van der Waals surface area contributed by atoms with Crippen LogP contribution in [0.3, 0.4) is 0 Å². The Bertz CT molecular complexity index is 447. The van der Waals surface area contributed by atoms with Gasteiger partial charge in [0.15, 0.2) is 5.78 Å². The van der Waals surface area contributed by atoms with Gasteiger partial charge >= 0.3 is 0 Å². The molecule has 1 rings (SSSR count). The number of benzene rings is 1. The fraction of sp³-hybridized carbons (Fsp3) is 0.682. The van der Waals surface area contributed by atoms with Crippen molar-refractivity contribution in [3.05, 3.63) is 35.9 Å². The molecule has 0 unspecified atom stereocenters. The maximum atomic E-state index is 12.3. The highest BCUT2D eigenvalue weighted by atomic mass is 16.7. The summed E-state index contributed by atoms with van der Waals surface area (Å²) in [5.74, 6) is 0.183. The van der Waals surface area contributed by atoms with Crippen LogP contribution in [0.4, 0.5) is 0 Å². The largest absolute Gasteiger partial charge is 0.382 e. The zero-order valence-electron chi connectivity index (χ0n) is 16.6. The zero-order valence-corrected chi connectivity index (χ0v) is 16.6. The quantitative estimate of drug-likeness (QED) is 0.211. The Morgan fingerprint density at radius 3 is 2.42 bits per heavy atom. The van der Waals surface area contributed by atoms with Crippen LogP contribution < -0.4 is 0 Å². The Hall–Kier alpha value is -1.23. The molecule has 0 amide bonds. The summed E-state index contributed by atoms with van der Waals surface area (Å²) < 4.78 is 16.3. The molecule has 0 aliphatic heterocycles. The fourth-order valence-electron chi connectivity index (χ4n) is 2.87. The maximum Gasteiger partial charge on any atom is 0.162 e. The normalized spacial score (nSPS) is 12.2. The summed E-state index contributed by atoms with van der Waals surface area (Å²) in [4.78, 5) is 12.3. The number of carbonyl (C=O) groups excluding carboxylic acids is 1. The van der Waals surface area contributed by atoms with Crippen molar-refractivity contribution in [3.8, 4) is 0 Å². The van der Waals surface area contributed by atoms with Crippen LogP contribution in [0.15, 0.2) is 30.3 Å². The van der Waals surface area contributed by atoms with E-state index in [-0.39, 0.29) is 18.7 Å². The zero-order chi connectivity index (χ0) is 18.9. The van der Waals surface area contributed by atoms with Crippen molar-refractivity contribution in [2.24, 2.45) is 0 Å². The van der Waals surface area contributed by atoms with Crippen LogP contribution in [-0.4, -0.2) is 39.0 Å². The van der Waals surface area contributed by atoms with Crippen molar-refractivity contribution in [1.82, 2.24) is 0 Å². The van der Waals surface area contributed by atoms with Gasteiger partial charge in [0.2, 0.25) is 0 Å². The van der Waals surface area contributed by atoms with Gasteiger partial charge in [-0.05, 0) is 12.8 Å².